The summed E-state index contributed by atoms with van der Waals surface area (Å²) in [4.78, 5) is 0. The van der Waals surface area contributed by atoms with Gasteiger partial charge in [-0.2, -0.15) is 5.26 Å². The van der Waals surface area contributed by atoms with E-state index in [1.54, 1.807) is 18.2 Å². The lowest BCUT2D eigenvalue weighted by Crippen LogP contribution is -2.00. The van der Waals surface area contributed by atoms with Crippen molar-refractivity contribution in [2.24, 2.45) is 0 Å². The van der Waals surface area contributed by atoms with Gasteiger partial charge in [-0.15, -0.1) is 0 Å². The summed E-state index contributed by atoms with van der Waals surface area (Å²) in [6.07, 6.45) is 0. The van der Waals surface area contributed by atoms with Crippen molar-refractivity contribution in [1.29, 1.82) is 5.26 Å². The van der Waals surface area contributed by atoms with Crippen LogP contribution in [0.25, 0.3) is 0 Å². The maximum Gasteiger partial charge on any atom is 0.142 e. The first-order valence-electron chi connectivity index (χ1n) is 5.80. The minimum atomic E-state index is 0.283. The standard InChI is InChI=1S/C15H10BrCl2NO/c16-7-12-5-13(17)6-14(18)15(12)20-9-11-4-2-1-3-10(11)8-19/h1-6H,7,9H2. The van der Waals surface area contributed by atoms with Crippen LogP contribution in [0.4, 0.5) is 0 Å². The molecule has 20 heavy (non-hydrogen) atoms. The van der Waals surface area contributed by atoms with Crippen LogP contribution in [-0.4, -0.2) is 0 Å². The van der Waals surface area contributed by atoms with Crippen LogP contribution in [0.3, 0.4) is 0 Å². The summed E-state index contributed by atoms with van der Waals surface area (Å²) in [5, 5.41) is 10.7. The molecule has 102 valence electrons. The van der Waals surface area contributed by atoms with E-state index in [-0.39, 0.29) is 6.61 Å². The van der Waals surface area contributed by atoms with Crippen molar-refractivity contribution in [3.63, 3.8) is 0 Å². The molecular formula is C15H10BrCl2NO. The SMILES string of the molecule is N#Cc1ccccc1COc1c(Cl)cc(Cl)cc1CBr. The van der Waals surface area contributed by atoms with Crippen LogP contribution in [0.15, 0.2) is 36.4 Å². The summed E-state index contributed by atoms with van der Waals surface area (Å²) in [5.74, 6) is 0.584. The van der Waals surface area contributed by atoms with Crippen molar-refractivity contribution in [1.82, 2.24) is 0 Å². The molecule has 0 aliphatic heterocycles. The normalized spacial score (nSPS) is 10.1. The molecule has 0 aliphatic rings. The summed E-state index contributed by atoms with van der Waals surface area (Å²) >= 11 is 15.5. The van der Waals surface area contributed by atoms with Crippen molar-refractivity contribution in [2.45, 2.75) is 11.9 Å². The number of hydrogen-bond acceptors (Lipinski definition) is 2. The van der Waals surface area contributed by atoms with Gasteiger partial charge in [-0.1, -0.05) is 57.3 Å². The average Bonchev–Trinajstić information content (AvgIpc) is 2.45. The smallest absolute Gasteiger partial charge is 0.142 e. The van der Waals surface area contributed by atoms with E-state index < -0.39 is 0 Å². The van der Waals surface area contributed by atoms with Crippen LogP contribution in [0.2, 0.25) is 10.0 Å². The Kier molecular flexibility index (Phi) is 5.31. The monoisotopic (exact) mass is 369 g/mol. The lowest BCUT2D eigenvalue weighted by molar-refractivity contribution is 0.304. The second-order valence-electron chi connectivity index (χ2n) is 4.07. The molecule has 0 aliphatic carbocycles. The van der Waals surface area contributed by atoms with Gasteiger partial charge in [0.2, 0.25) is 0 Å². The third-order valence-corrected chi connectivity index (χ3v) is 3.84. The first-order chi connectivity index (χ1) is 9.65. The Morgan fingerprint density at radius 2 is 1.90 bits per heavy atom. The largest absolute Gasteiger partial charge is 0.487 e. The highest BCUT2D eigenvalue weighted by Gasteiger charge is 2.11. The highest BCUT2D eigenvalue weighted by molar-refractivity contribution is 9.08. The Morgan fingerprint density at radius 3 is 2.60 bits per heavy atom. The average molecular weight is 371 g/mol. The molecule has 0 bridgehead atoms. The molecule has 0 amide bonds. The Labute approximate surface area is 136 Å². The molecule has 2 aromatic carbocycles. The van der Waals surface area contributed by atoms with Crippen molar-refractivity contribution in [3.05, 3.63) is 63.1 Å². The second kappa shape index (κ2) is 6.99. The van der Waals surface area contributed by atoms with Crippen LogP contribution in [0, 0.1) is 11.3 Å². The molecule has 0 unspecified atom stereocenters. The highest BCUT2D eigenvalue weighted by atomic mass is 79.9. The van der Waals surface area contributed by atoms with Crippen LogP contribution in [0.5, 0.6) is 5.75 Å². The molecule has 0 fully saturated rings. The van der Waals surface area contributed by atoms with Gasteiger partial charge in [-0.3, -0.25) is 0 Å². The molecule has 0 N–H and O–H groups in total. The van der Waals surface area contributed by atoms with Gasteiger partial charge in [0.25, 0.3) is 0 Å². The van der Waals surface area contributed by atoms with E-state index >= 15 is 0 Å². The summed E-state index contributed by atoms with van der Waals surface area (Å²) in [5.41, 5.74) is 2.29. The third kappa shape index (κ3) is 3.46. The van der Waals surface area contributed by atoms with Crippen LogP contribution >= 0.6 is 39.1 Å². The molecule has 2 aromatic rings. The van der Waals surface area contributed by atoms with Gasteiger partial charge in [0.1, 0.15) is 12.4 Å². The van der Waals surface area contributed by atoms with E-state index in [4.69, 9.17) is 33.2 Å². The van der Waals surface area contributed by atoms with Crippen LogP contribution in [0.1, 0.15) is 16.7 Å². The summed E-state index contributed by atoms with van der Waals surface area (Å²) in [7, 11) is 0. The van der Waals surface area contributed by atoms with Crippen LogP contribution < -0.4 is 4.74 Å². The fourth-order valence-electron chi connectivity index (χ4n) is 1.78. The molecule has 5 heteroatoms. The molecule has 2 rings (SSSR count). The van der Waals surface area contributed by atoms with Crippen molar-refractivity contribution in [3.8, 4) is 11.8 Å². The number of halogens is 3. The van der Waals surface area contributed by atoms with Gasteiger partial charge in [-0.05, 0) is 18.2 Å². The van der Waals surface area contributed by atoms with Gasteiger partial charge < -0.3 is 4.74 Å². The molecule has 0 spiro atoms. The number of hydrogen-bond donors (Lipinski definition) is 0. The Balaban J connectivity index is 2.25. The number of nitrogens with zero attached hydrogens (tertiary/aromatic N) is 1. The van der Waals surface area contributed by atoms with E-state index in [1.807, 2.05) is 18.2 Å². The van der Waals surface area contributed by atoms with Crippen LogP contribution in [-0.2, 0) is 11.9 Å². The van der Waals surface area contributed by atoms with Crippen molar-refractivity contribution in [2.75, 3.05) is 0 Å². The van der Waals surface area contributed by atoms with E-state index in [0.717, 1.165) is 11.1 Å². The molecule has 0 saturated carbocycles. The molecule has 0 saturated heterocycles. The quantitative estimate of drug-likeness (QED) is 0.680. The zero-order chi connectivity index (χ0) is 14.5. The maximum absolute atomic E-state index is 9.05. The Morgan fingerprint density at radius 1 is 1.15 bits per heavy atom. The highest BCUT2D eigenvalue weighted by Crippen LogP contribution is 2.34. The fourth-order valence-corrected chi connectivity index (χ4v) is 2.79. The van der Waals surface area contributed by atoms with E-state index in [2.05, 4.69) is 22.0 Å². The predicted molar refractivity (Wildman–Crippen MR) is 84.6 cm³/mol. The lowest BCUT2D eigenvalue weighted by Gasteiger charge is -2.13. The van der Waals surface area contributed by atoms with Crippen molar-refractivity contribution < 1.29 is 4.74 Å². The maximum atomic E-state index is 9.05. The zero-order valence-electron chi connectivity index (χ0n) is 10.4. The lowest BCUT2D eigenvalue weighted by atomic mass is 10.1. The molecule has 0 radical (unpaired) electrons. The first-order valence-corrected chi connectivity index (χ1v) is 7.68. The summed E-state index contributed by atoms with van der Waals surface area (Å²) in [6, 6.07) is 12.9. The summed E-state index contributed by atoms with van der Waals surface area (Å²) in [6.45, 7) is 0.283. The topological polar surface area (TPSA) is 33.0 Å². The first kappa shape index (κ1) is 15.2. The predicted octanol–water partition coefficient (Wildman–Crippen LogP) is 5.34. The molecule has 2 nitrogen and oxygen atoms in total. The molecule has 0 aromatic heterocycles. The summed E-state index contributed by atoms with van der Waals surface area (Å²) < 4.78 is 5.77. The number of benzene rings is 2. The van der Waals surface area contributed by atoms with Gasteiger partial charge in [0.05, 0.1) is 16.7 Å². The minimum absolute atomic E-state index is 0.283. The van der Waals surface area contributed by atoms with Gasteiger partial charge in [-0.25, -0.2) is 0 Å². The van der Waals surface area contributed by atoms with Gasteiger partial charge >= 0.3 is 0 Å². The number of alkyl halides is 1. The van der Waals surface area contributed by atoms with Gasteiger partial charge in [0, 0.05) is 21.5 Å². The molecule has 0 atom stereocenters. The van der Waals surface area contributed by atoms with Crippen molar-refractivity contribution >= 4 is 39.1 Å². The zero-order valence-corrected chi connectivity index (χ0v) is 13.5. The number of nitriles is 1. The molecular weight excluding hydrogens is 361 g/mol. The number of rotatable bonds is 4. The fraction of sp³-hybridized carbons (Fsp3) is 0.133. The van der Waals surface area contributed by atoms with E-state index in [1.165, 1.54) is 0 Å². The van der Waals surface area contributed by atoms with Gasteiger partial charge in [0.15, 0.2) is 0 Å². The molecule has 0 heterocycles. The Hall–Kier alpha value is -1.21. The van der Waals surface area contributed by atoms with E-state index in [0.29, 0.717) is 26.7 Å². The van der Waals surface area contributed by atoms with E-state index in [9.17, 15) is 0 Å². The third-order valence-electron chi connectivity index (χ3n) is 2.74. The second-order valence-corrected chi connectivity index (χ2v) is 5.47. The number of ether oxygens (including phenoxy) is 1. The minimum Gasteiger partial charge on any atom is -0.487 e. The Bertz CT molecular complexity index is 667.